The highest BCUT2D eigenvalue weighted by Crippen LogP contribution is 2.36. The first-order chi connectivity index (χ1) is 10.6. The summed E-state index contributed by atoms with van der Waals surface area (Å²) in [6, 6.07) is 7.18. The lowest BCUT2D eigenvalue weighted by Gasteiger charge is -2.12. The summed E-state index contributed by atoms with van der Waals surface area (Å²) in [6.45, 7) is 2.82. The molecule has 0 atom stereocenters. The fourth-order valence-electron chi connectivity index (χ4n) is 2.51. The second-order valence-corrected chi connectivity index (χ2v) is 6.24. The number of anilines is 1. The van der Waals surface area contributed by atoms with Gasteiger partial charge in [-0.15, -0.1) is 11.3 Å². The topological polar surface area (TPSA) is 75.6 Å². The lowest BCUT2D eigenvalue weighted by molar-refractivity contribution is 0.0693. The second-order valence-electron chi connectivity index (χ2n) is 5.14. The number of nitrogens with one attached hydrogen (secondary N) is 1. The Morgan fingerprint density at radius 2 is 2.18 bits per heavy atom. The lowest BCUT2D eigenvalue weighted by atomic mass is 10.1. The monoisotopic (exact) mass is 317 g/mol. The summed E-state index contributed by atoms with van der Waals surface area (Å²) in [5, 5.41) is 12.6. The zero-order valence-electron chi connectivity index (χ0n) is 12.0. The maximum atomic E-state index is 12.3. The Bertz CT molecular complexity index is 751. The Labute approximate surface area is 131 Å². The molecule has 1 amide bonds. The standard InChI is InChI=1S/C16H15NO4S/c1-9-3-2-4-10(7-9)14(18)17-15-13(16(19)20)11-5-6-21-8-12(11)22-15/h2-4,7H,5-6,8H2,1H3,(H,17,18)(H,19,20). The molecule has 0 spiro atoms. The number of carboxylic acids is 1. The van der Waals surface area contributed by atoms with Gasteiger partial charge in [0.15, 0.2) is 0 Å². The van der Waals surface area contributed by atoms with E-state index in [0.717, 1.165) is 16.0 Å². The molecule has 0 unspecified atom stereocenters. The van der Waals surface area contributed by atoms with E-state index in [1.54, 1.807) is 18.2 Å². The Hall–Kier alpha value is -2.18. The van der Waals surface area contributed by atoms with Crippen molar-refractivity contribution in [1.29, 1.82) is 0 Å². The van der Waals surface area contributed by atoms with Crippen LogP contribution in [0.5, 0.6) is 0 Å². The van der Waals surface area contributed by atoms with E-state index < -0.39 is 5.97 Å². The number of carbonyl (C=O) groups is 2. The largest absolute Gasteiger partial charge is 0.478 e. The Morgan fingerprint density at radius 3 is 2.91 bits per heavy atom. The fraction of sp³-hybridized carbons (Fsp3) is 0.250. The van der Waals surface area contributed by atoms with Gasteiger partial charge in [-0.2, -0.15) is 0 Å². The van der Waals surface area contributed by atoms with Crippen LogP contribution >= 0.6 is 11.3 Å². The molecule has 3 rings (SSSR count). The van der Waals surface area contributed by atoms with Crippen LogP contribution < -0.4 is 5.32 Å². The van der Waals surface area contributed by atoms with E-state index in [9.17, 15) is 14.7 Å². The third kappa shape index (κ3) is 2.75. The summed E-state index contributed by atoms with van der Waals surface area (Å²) in [7, 11) is 0. The van der Waals surface area contributed by atoms with Crippen molar-refractivity contribution in [1.82, 2.24) is 0 Å². The Morgan fingerprint density at radius 1 is 1.36 bits per heavy atom. The van der Waals surface area contributed by atoms with Crippen LogP contribution in [-0.2, 0) is 17.8 Å². The van der Waals surface area contributed by atoms with E-state index in [2.05, 4.69) is 5.32 Å². The van der Waals surface area contributed by atoms with Gasteiger partial charge in [0.1, 0.15) is 5.00 Å². The Kier molecular flexibility index (Phi) is 3.96. The van der Waals surface area contributed by atoms with E-state index in [0.29, 0.717) is 30.2 Å². The smallest absolute Gasteiger partial charge is 0.339 e. The van der Waals surface area contributed by atoms with Gasteiger partial charge in [0, 0.05) is 10.4 Å². The normalized spacial score (nSPS) is 13.5. The number of carbonyl (C=O) groups excluding carboxylic acids is 1. The van der Waals surface area contributed by atoms with Crippen molar-refractivity contribution in [2.75, 3.05) is 11.9 Å². The predicted molar refractivity (Wildman–Crippen MR) is 83.8 cm³/mol. The van der Waals surface area contributed by atoms with Gasteiger partial charge in [0.25, 0.3) is 5.91 Å². The number of thiophene rings is 1. The van der Waals surface area contributed by atoms with Gasteiger partial charge in [-0.05, 0) is 31.0 Å². The number of hydrogen-bond acceptors (Lipinski definition) is 4. The minimum Gasteiger partial charge on any atom is -0.478 e. The predicted octanol–water partition coefficient (Wildman–Crippen LogP) is 3.08. The minimum atomic E-state index is -1.01. The molecule has 2 N–H and O–H groups in total. The number of benzene rings is 1. The SMILES string of the molecule is Cc1cccc(C(=O)Nc2sc3c(c2C(=O)O)CCOC3)c1. The maximum absolute atomic E-state index is 12.3. The summed E-state index contributed by atoms with van der Waals surface area (Å²) in [6.07, 6.45) is 0.563. The van der Waals surface area contributed by atoms with Crippen molar-refractivity contribution in [2.45, 2.75) is 20.0 Å². The summed E-state index contributed by atoms with van der Waals surface area (Å²) in [4.78, 5) is 24.7. The van der Waals surface area contributed by atoms with Gasteiger partial charge >= 0.3 is 5.97 Å². The molecule has 6 heteroatoms. The highest BCUT2D eigenvalue weighted by atomic mass is 32.1. The number of aromatic carboxylic acids is 1. The van der Waals surface area contributed by atoms with Crippen LogP contribution in [0.1, 0.15) is 36.7 Å². The van der Waals surface area contributed by atoms with Gasteiger partial charge in [-0.3, -0.25) is 4.79 Å². The summed E-state index contributed by atoms with van der Waals surface area (Å²) in [5.74, 6) is -1.32. The van der Waals surface area contributed by atoms with Crippen molar-refractivity contribution < 1.29 is 19.4 Å². The molecular weight excluding hydrogens is 302 g/mol. The van der Waals surface area contributed by atoms with E-state index in [-0.39, 0.29) is 11.5 Å². The van der Waals surface area contributed by atoms with Crippen LogP contribution in [0.2, 0.25) is 0 Å². The summed E-state index contributed by atoms with van der Waals surface area (Å²) >= 11 is 1.28. The number of carboxylic acid groups (broad SMARTS) is 1. The molecule has 2 aromatic rings. The molecule has 1 aromatic heterocycles. The molecule has 5 nitrogen and oxygen atoms in total. The van der Waals surface area contributed by atoms with Crippen molar-refractivity contribution in [3.05, 3.63) is 51.4 Å². The van der Waals surface area contributed by atoms with Crippen LogP contribution in [-0.4, -0.2) is 23.6 Å². The van der Waals surface area contributed by atoms with Crippen molar-refractivity contribution >= 4 is 28.2 Å². The number of rotatable bonds is 3. The molecule has 0 saturated carbocycles. The number of hydrogen-bond donors (Lipinski definition) is 2. The summed E-state index contributed by atoms with van der Waals surface area (Å²) < 4.78 is 5.35. The second kappa shape index (κ2) is 5.90. The van der Waals surface area contributed by atoms with Gasteiger partial charge < -0.3 is 15.2 Å². The van der Waals surface area contributed by atoms with E-state index >= 15 is 0 Å². The van der Waals surface area contributed by atoms with Crippen molar-refractivity contribution in [2.24, 2.45) is 0 Å². The van der Waals surface area contributed by atoms with Crippen LogP contribution in [0.15, 0.2) is 24.3 Å². The zero-order chi connectivity index (χ0) is 15.7. The fourth-order valence-corrected chi connectivity index (χ4v) is 3.68. The average molecular weight is 317 g/mol. The highest BCUT2D eigenvalue weighted by molar-refractivity contribution is 7.17. The molecule has 0 bridgehead atoms. The van der Waals surface area contributed by atoms with Crippen LogP contribution in [0.4, 0.5) is 5.00 Å². The van der Waals surface area contributed by atoms with Crippen LogP contribution in [0.25, 0.3) is 0 Å². The molecule has 0 radical (unpaired) electrons. The number of aryl methyl sites for hydroxylation is 1. The van der Waals surface area contributed by atoms with Crippen LogP contribution in [0.3, 0.4) is 0 Å². The first-order valence-corrected chi connectivity index (χ1v) is 7.71. The van der Waals surface area contributed by atoms with Gasteiger partial charge in [0.2, 0.25) is 0 Å². The number of fused-ring (bicyclic) bond motifs is 1. The average Bonchev–Trinajstić information content (AvgIpc) is 2.85. The molecule has 1 aliphatic heterocycles. The first kappa shape index (κ1) is 14.7. The lowest BCUT2D eigenvalue weighted by Crippen LogP contribution is -2.15. The number of amides is 1. The Balaban J connectivity index is 1.93. The van der Waals surface area contributed by atoms with Crippen molar-refractivity contribution in [3.63, 3.8) is 0 Å². The third-order valence-electron chi connectivity index (χ3n) is 3.54. The first-order valence-electron chi connectivity index (χ1n) is 6.90. The van der Waals surface area contributed by atoms with E-state index in [4.69, 9.17) is 4.74 Å². The third-order valence-corrected chi connectivity index (χ3v) is 4.66. The van der Waals surface area contributed by atoms with Gasteiger partial charge in [-0.1, -0.05) is 17.7 Å². The molecule has 0 saturated heterocycles. The summed E-state index contributed by atoms with van der Waals surface area (Å²) in [5.41, 5.74) is 2.47. The quantitative estimate of drug-likeness (QED) is 0.912. The molecule has 2 heterocycles. The zero-order valence-corrected chi connectivity index (χ0v) is 12.8. The van der Waals surface area contributed by atoms with Crippen molar-refractivity contribution in [3.8, 4) is 0 Å². The minimum absolute atomic E-state index is 0.198. The van der Waals surface area contributed by atoms with Crippen LogP contribution in [0, 0.1) is 6.92 Å². The molecule has 114 valence electrons. The van der Waals surface area contributed by atoms with E-state index in [1.165, 1.54) is 11.3 Å². The highest BCUT2D eigenvalue weighted by Gasteiger charge is 2.26. The van der Waals surface area contributed by atoms with Gasteiger partial charge in [-0.25, -0.2) is 4.79 Å². The van der Waals surface area contributed by atoms with E-state index in [1.807, 2.05) is 13.0 Å². The molecule has 0 aliphatic carbocycles. The molecule has 22 heavy (non-hydrogen) atoms. The van der Waals surface area contributed by atoms with Gasteiger partial charge in [0.05, 0.1) is 18.8 Å². The molecule has 1 aliphatic rings. The maximum Gasteiger partial charge on any atom is 0.339 e. The molecule has 0 fully saturated rings. The molecule has 1 aromatic carbocycles. The molecular formula is C16H15NO4S. The number of ether oxygens (including phenoxy) is 1.